The third kappa shape index (κ3) is 3.60. The van der Waals surface area contributed by atoms with E-state index >= 15 is 0 Å². The van der Waals surface area contributed by atoms with Gasteiger partial charge >= 0.3 is 17.3 Å². The Morgan fingerprint density at radius 3 is 2.48 bits per heavy atom. The molecule has 2 aromatic carbocycles. The monoisotopic (exact) mass is 411 g/mol. The molecule has 0 aliphatic heterocycles. The molecule has 1 amide bonds. The van der Waals surface area contributed by atoms with E-state index in [1.54, 1.807) is 50.5 Å². The zero-order valence-corrected chi connectivity index (χ0v) is 16.1. The molecule has 0 unspecified atom stereocenters. The number of nitrogens with zero attached hydrogens (tertiary/aromatic N) is 1. The van der Waals surface area contributed by atoms with E-state index in [-0.39, 0.29) is 16.9 Å². The fourth-order valence-corrected chi connectivity index (χ4v) is 3.08. The van der Waals surface area contributed by atoms with Crippen molar-refractivity contribution in [1.82, 2.24) is 4.90 Å². The van der Waals surface area contributed by atoms with Crippen LogP contribution in [0.4, 0.5) is 4.79 Å². The molecule has 0 spiro atoms. The number of hydrogen-bond acceptors (Lipinski definition) is 6. The fraction of sp³-hybridized carbons (Fsp3) is 0.0952. The van der Waals surface area contributed by atoms with Crippen LogP contribution in [0.2, 0.25) is 5.02 Å². The number of hydrogen-bond donors (Lipinski definition) is 0. The second-order valence-corrected chi connectivity index (χ2v) is 6.97. The van der Waals surface area contributed by atoms with Crippen LogP contribution in [-0.4, -0.2) is 25.1 Å². The summed E-state index contributed by atoms with van der Waals surface area (Å²) in [5, 5.41) is 1.59. The summed E-state index contributed by atoms with van der Waals surface area (Å²) in [5.41, 5.74) is -0.174. The molecule has 0 bridgehead atoms. The van der Waals surface area contributed by atoms with Crippen LogP contribution in [-0.2, 0) is 0 Å². The third-order valence-corrected chi connectivity index (χ3v) is 4.51. The van der Waals surface area contributed by atoms with Gasteiger partial charge in [0.2, 0.25) is 0 Å². The lowest BCUT2D eigenvalue weighted by molar-refractivity contribution is 0.172. The first kappa shape index (κ1) is 18.8. The lowest BCUT2D eigenvalue weighted by Crippen LogP contribution is -2.25. The van der Waals surface area contributed by atoms with Crippen LogP contribution in [0.3, 0.4) is 0 Å². The zero-order chi connectivity index (χ0) is 20.7. The van der Waals surface area contributed by atoms with Gasteiger partial charge in [0.1, 0.15) is 16.9 Å². The Hall–Kier alpha value is -3.58. The molecule has 4 aromatic rings. The topological polar surface area (TPSA) is 90.0 Å². The maximum atomic E-state index is 12.6. The molecule has 4 rings (SSSR count). The lowest BCUT2D eigenvalue weighted by atomic mass is 10.0. The van der Waals surface area contributed by atoms with Gasteiger partial charge in [0.05, 0.1) is 5.56 Å². The molecule has 0 fully saturated rings. The summed E-state index contributed by atoms with van der Waals surface area (Å²) in [6, 6.07) is 12.3. The van der Waals surface area contributed by atoms with Gasteiger partial charge in [0, 0.05) is 47.6 Å². The highest BCUT2D eigenvalue weighted by Crippen LogP contribution is 2.30. The fourth-order valence-electron chi connectivity index (χ4n) is 2.90. The predicted octanol–water partition coefficient (Wildman–Crippen LogP) is 4.28. The average Bonchev–Trinajstić information content (AvgIpc) is 2.66. The second kappa shape index (κ2) is 7.10. The number of carbonyl (C=O) groups is 1. The number of ether oxygens (including phenoxy) is 1. The highest BCUT2D eigenvalue weighted by atomic mass is 35.5. The smallest absolute Gasteiger partial charge is 0.414 e. The number of halogens is 1. The van der Waals surface area contributed by atoms with Gasteiger partial charge in [-0.25, -0.2) is 14.4 Å². The third-order valence-electron chi connectivity index (χ3n) is 4.27. The van der Waals surface area contributed by atoms with Crippen molar-refractivity contribution in [2.24, 2.45) is 0 Å². The number of benzene rings is 2. The van der Waals surface area contributed by atoms with Gasteiger partial charge in [-0.05, 0) is 36.4 Å². The molecule has 0 radical (unpaired) electrons. The van der Waals surface area contributed by atoms with Crippen LogP contribution in [0, 0.1) is 0 Å². The Bertz CT molecular complexity index is 1390. The second-order valence-electron chi connectivity index (χ2n) is 6.53. The van der Waals surface area contributed by atoms with E-state index in [0.29, 0.717) is 26.9 Å². The largest absolute Gasteiger partial charge is 0.423 e. The SMILES string of the molecule is CN(C)C(=O)Oc1ccc2c(-c3cc4cc(Cl)ccc4oc3=O)cc(=O)oc2c1. The van der Waals surface area contributed by atoms with Crippen LogP contribution in [0.1, 0.15) is 0 Å². The van der Waals surface area contributed by atoms with Crippen LogP contribution in [0.25, 0.3) is 33.1 Å². The molecule has 146 valence electrons. The van der Waals surface area contributed by atoms with Crippen molar-refractivity contribution in [3.63, 3.8) is 0 Å². The minimum absolute atomic E-state index is 0.169. The van der Waals surface area contributed by atoms with Gasteiger partial charge in [-0.1, -0.05) is 11.6 Å². The lowest BCUT2D eigenvalue weighted by Gasteiger charge is -2.11. The number of rotatable bonds is 2. The molecule has 2 aromatic heterocycles. The Kier molecular flexibility index (Phi) is 4.60. The molecule has 0 aliphatic rings. The van der Waals surface area contributed by atoms with Gasteiger partial charge in [-0.3, -0.25) is 0 Å². The standard InChI is InChI=1S/C21H14ClNO6/c1-23(2)21(26)27-13-4-5-14-15(10-19(24)28-18(14)9-13)16-8-11-7-12(22)3-6-17(11)29-20(16)25/h3-10H,1-2H3. The molecule has 0 saturated heterocycles. The molecule has 7 nitrogen and oxygen atoms in total. The van der Waals surface area contributed by atoms with Crippen molar-refractivity contribution in [2.75, 3.05) is 14.1 Å². The molecule has 8 heteroatoms. The van der Waals surface area contributed by atoms with E-state index in [1.807, 2.05) is 0 Å². The average molecular weight is 412 g/mol. The maximum Gasteiger partial charge on any atom is 0.414 e. The van der Waals surface area contributed by atoms with Crippen molar-refractivity contribution in [3.8, 4) is 16.9 Å². The van der Waals surface area contributed by atoms with Crippen LogP contribution >= 0.6 is 11.6 Å². The van der Waals surface area contributed by atoms with Crippen molar-refractivity contribution in [2.45, 2.75) is 0 Å². The number of fused-ring (bicyclic) bond motifs is 2. The molecule has 29 heavy (non-hydrogen) atoms. The van der Waals surface area contributed by atoms with Crippen LogP contribution < -0.4 is 16.0 Å². The van der Waals surface area contributed by atoms with Gasteiger partial charge in [-0.2, -0.15) is 0 Å². The Labute approximate surface area is 168 Å². The minimum atomic E-state index is -0.658. The molecule has 0 N–H and O–H groups in total. The van der Waals surface area contributed by atoms with Crippen LogP contribution in [0.5, 0.6) is 5.75 Å². The van der Waals surface area contributed by atoms with Crippen molar-refractivity contribution in [1.29, 1.82) is 0 Å². The summed E-state index contributed by atoms with van der Waals surface area (Å²) in [4.78, 5) is 37.7. The zero-order valence-electron chi connectivity index (χ0n) is 15.4. The van der Waals surface area contributed by atoms with E-state index in [9.17, 15) is 14.4 Å². The quantitative estimate of drug-likeness (QED) is 0.457. The van der Waals surface area contributed by atoms with Gasteiger partial charge in [-0.15, -0.1) is 0 Å². The Morgan fingerprint density at radius 1 is 0.931 bits per heavy atom. The highest BCUT2D eigenvalue weighted by Gasteiger charge is 2.15. The first-order valence-electron chi connectivity index (χ1n) is 8.52. The highest BCUT2D eigenvalue weighted by molar-refractivity contribution is 6.31. The minimum Gasteiger partial charge on any atom is -0.423 e. The van der Waals surface area contributed by atoms with E-state index in [4.69, 9.17) is 25.2 Å². The summed E-state index contributed by atoms with van der Waals surface area (Å²) in [6.45, 7) is 0. The molecule has 0 saturated carbocycles. The van der Waals surface area contributed by atoms with Crippen LogP contribution in [0.15, 0.2) is 67.0 Å². The molecule has 0 atom stereocenters. The Morgan fingerprint density at radius 2 is 1.72 bits per heavy atom. The van der Waals surface area contributed by atoms with E-state index in [1.165, 1.54) is 17.0 Å². The maximum absolute atomic E-state index is 12.6. The first-order valence-corrected chi connectivity index (χ1v) is 8.90. The van der Waals surface area contributed by atoms with Gasteiger partial charge < -0.3 is 18.5 Å². The Balaban J connectivity index is 1.91. The summed E-state index contributed by atoms with van der Waals surface area (Å²) >= 11 is 6.03. The summed E-state index contributed by atoms with van der Waals surface area (Å²) in [7, 11) is 3.10. The number of amides is 1. The summed E-state index contributed by atoms with van der Waals surface area (Å²) in [5.74, 6) is 0.203. The van der Waals surface area contributed by atoms with E-state index in [2.05, 4.69) is 0 Å². The molecule has 2 heterocycles. The van der Waals surface area contributed by atoms with Crippen molar-refractivity contribution >= 4 is 39.6 Å². The number of carbonyl (C=O) groups excluding carboxylic acids is 1. The predicted molar refractivity (Wildman–Crippen MR) is 109 cm³/mol. The normalized spacial score (nSPS) is 11.0. The van der Waals surface area contributed by atoms with Crippen molar-refractivity contribution < 1.29 is 18.4 Å². The first-order chi connectivity index (χ1) is 13.8. The summed E-state index contributed by atoms with van der Waals surface area (Å²) < 4.78 is 15.8. The summed E-state index contributed by atoms with van der Waals surface area (Å²) in [6.07, 6.45) is -0.574. The van der Waals surface area contributed by atoms with Gasteiger partial charge in [0.25, 0.3) is 0 Å². The van der Waals surface area contributed by atoms with E-state index < -0.39 is 17.3 Å². The molecular weight excluding hydrogens is 398 g/mol. The van der Waals surface area contributed by atoms with Gasteiger partial charge in [0.15, 0.2) is 0 Å². The van der Waals surface area contributed by atoms with Crippen molar-refractivity contribution in [3.05, 3.63) is 74.4 Å². The molecule has 0 aliphatic carbocycles. The van der Waals surface area contributed by atoms with E-state index in [0.717, 1.165) is 0 Å². The molecular formula is C21H14ClNO6.